The van der Waals surface area contributed by atoms with Crippen LogP contribution in [-0.4, -0.2) is 13.7 Å². The van der Waals surface area contributed by atoms with Crippen LogP contribution in [0.4, 0.5) is 0 Å². The maximum absolute atomic E-state index is 5.48. The molecule has 0 fully saturated rings. The Kier molecular flexibility index (Phi) is 3.11. The van der Waals surface area contributed by atoms with Crippen molar-refractivity contribution in [1.29, 1.82) is 0 Å². The Balaban J connectivity index is 3.00. The first-order chi connectivity index (χ1) is 5.79. The summed E-state index contributed by atoms with van der Waals surface area (Å²) in [5, 5.41) is 0. The highest BCUT2D eigenvalue weighted by Gasteiger charge is 2.03. The van der Waals surface area contributed by atoms with Gasteiger partial charge in [0.15, 0.2) is 0 Å². The largest absolute Gasteiger partial charge is 0.496 e. The fourth-order valence-electron chi connectivity index (χ4n) is 1.36. The number of benzene rings is 1. The minimum Gasteiger partial charge on any atom is -0.496 e. The molecule has 1 rings (SSSR count). The molecule has 2 nitrogen and oxygen atoms in total. The van der Waals surface area contributed by atoms with Crippen LogP contribution >= 0.6 is 0 Å². The number of rotatable bonds is 3. The second-order valence-corrected chi connectivity index (χ2v) is 2.81. The molecule has 0 atom stereocenters. The standard InChI is InChI=1S/C10H15NO/c1-8-4-3-5-9(6-7-11)10(8)12-2/h3-5H,6-7,11H2,1-2H3. The first-order valence-electron chi connectivity index (χ1n) is 4.12. The smallest absolute Gasteiger partial charge is 0.124 e. The summed E-state index contributed by atoms with van der Waals surface area (Å²) in [4.78, 5) is 0. The number of methoxy groups -OCH3 is 1. The van der Waals surface area contributed by atoms with E-state index in [9.17, 15) is 0 Å². The van der Waals surface area contributed by atoms with Crippen molar-refractivity contribution in [2.45, 2.75) is 13.3 Å². The first kappa shape index (κ1) is 9.07. The van der Waals surface area contributed by atoms with Gasteiger partial charge in [-0.3, -0.25) is 0 Å². The fourth-order valence-corrected chi connectivity index (χ4v) is 1.36. The van der Waals surface area contributed by atoms with Crippen molar-refractivity contribution in [2.24, 2.45) is 5.73 Å². The van der Waals surface area contributed by atoms with E-state index < -0.39 is 0 Å². The molecular weight excluding hydrogens is 150 g/mol. The molecule has 0 amide bonds. The highest BCUT2D eigenvalue weighted by atomic mass is 16.5. The van der Waals surface area contributed by atoms with E-state index in [1.54, 1.807) is 7.11 Å². The van der Waals surface area contributed by atoms with E-state index in [4.69, 9.17) is 10.5 Å². The maximum Gasteiger partial charge on any atom is 0.124 e. The topological polar surface area (TPSA) is 35.2 Å². The van der Waals surface area contributed by atoms with Crippen LogP contribution in [0, 0.1) is 6.92 Å². The molecule has 2 heteroatoms. The molecule has 2 N–H and O–H groups in total. The van der Waals surface area contributed by atoms with E-state index in [2.05, 4.69) is 6.07 Å². The average Bonchev–Trinajstić information content (AvgIpc) is 2.05. The third kappa shape index (κ3) is 1.77. The summed E-state index contributed by atoms with van der Waals surface area (Å²) < 4.78 is 5.27. The van der Waals surface area contributed by atoms with Gasteiger partial charge in [-0.1, -0.05) is 18.2 Å². The lowest BCUT2D eigenvalue weighted by Crippen LogP contribution is -2.04. The quantitative estimate of drug-likeness (QED) is 0.736. The predicted molar refractivity (Wildman–Crippen MR) is 50.5 cm³/mol. The normalized spacial score (nSPS) is 9.92. The Morgan fingerprint density at radius 1 is 1.42 bits per heavy atom. The van der Waals surface area contributed by atoms with Gasteiger partial charge >= 0.3 is 0 Å². The van der Waals surface area contributed by atoms with Crippen molar-refractivity contribution < 1.29 is 4.74 Å². The summed E-state index contributed by atoms with van der Waals surface area (Å²) in [6, 6.07) is 6.13. The lowest BCUT2D eigenvalue weighted by molar-refractivity contribution is 0.406. The van der Waals surface area contributed by atoms with Gasteiger partial charge in [-0.2, -0.15) is 0 Å². The molecule has 0 bridgehead atoms. The fraction of sp³-hybridized carbons (Fsp3) is 0.400. The Morgan fingerprint density at radius 2 is 2.17 bits per heavy atom. The predicted octanol–water partition coefficient (Wildman–Crippen LogP) is 1.50. The highest BCUT2D eigenvalue weighted by Crippen LogP contribution is 2.22. The van der Waals surface area contributed by atoms with E-state index >= 15 is 0 Å². The van der Waals surface area contributed by atoms with E-state index in [0.29, 0.717) is 6.54 Å². The monoisotopic (exact) mass is 165 g/mol. The number of nitrogens with two attached hydrogens (primary N) is 1. The average molecular weight is 165 g/mol. The van der Waals surface area contributed by atoms with Crippen molar-refractivity contribution in [1.82, 2.24) is 0 Å². The number of hydrogen-bond donors (Lipinski definition) is 1. The molecule has 0 spiro atoms. The Hall–Kier alpha value is -1.02. The molecule has 0 aromatic heterocycles. The van der Waals surface area contributed by atoms with Gasteiger partial charge in [-0.05, 0) is 31.0 Å². The van der Waals surface area contributed by atoms with E-state index in [1.807, 2.05) is 19.1 Å². The van der Waals surface area contributed by atoms with Crippen LogP contribution in [0.15, 0.2) is 18.2 Å². The molecule has 0 saturated carbocycles. The molecule has 66 valence electrons. The second-order valence-electron chi connectivity index (χ2n) is 2.81. The summed E-state index contributed by atoms with van der Waals surface area (Å²) in [6.07, 6.45) is 0.880. The molecule has 0 aliphatic carbocycles. The summed E-state index contributed by atoms with van der Waals surface area (Å²) in [7, 11) is 1.70. The summed E-state index contributed by atoms with van der Waals surface area (Å²) >= 11 is 0. The number of ether oxygens (including phenoxy) is 1. The van der Waals surface area contributed by atoms with Gasteiger partial charge in [-0.15, -0.1) is 0 Å². The zero-order valence-corrected chi connectivity index (χ0v) is 7.63. The SMILES string of the molecule is COc1c(C)cccc1CCN. The molecule has 0 radical (unpaired) electrons. The maximum atomic E-state index is 5.48. The first-order valence-corrected chi connectivity index (χ1v) is 4.12. The van der Waals surface area contributed by atoms with E-state index in [1.165, 1.54) is 11.1 Å². The van der Waals surface area contributed by atoms with Gasteiger partial charge in [-0.25, -0.2) is 0 Å². The highest BCUT2D eigenvalue weighted by molar-refractivity contribution is 5.40. The van der Waals surface area contributed by atoms with Gasteiger partial charge in [0.25, 0.3) is 0 Å². The minimum absolute atomic E-state index is 0.666. The lowest BCUT2D eigenvalue weighted by atomic mass is 10.1. The van der Waals surface area contributed by atoms with Crippen LogP contribution in [0.5, 0.6) is 5.75 Å². The van der Waals surface area contributed by atoms with Crippen molar-refractivity contribution in [3.05, 3.63) is 29.3 Å². The van der Waals surface area contributed by atoms with E-state index in [-0.39, 0.29) is 0 Å². The Labute approximate surface area is 73.3 Å². The molecule has 0 unspecified atom stereocenters. The van der Waals surface area contributed by atoms with Crippen molar-refractivity contribution >= 4 is 0 Å². The second kappa shape index (κ2) is 4.12. The van der Waals surface area contributed by atoms with Gasteiger partial charge in [0.05, 0.1) is 7.11 Å². The summed E-state index contributed by atoms with van der Waals surface area (Å²) in [6.45, 7) is 2.71. The molecule has 0 aliphatic heterocycles. The Morgan fingerprint density at radius 3 is 2.75 bits per heavy atom. The molecule has 0 heterocycles. The van der Waals surface area contributed by atoms with Gasteiger partial charge < -0.3 is 10.5 Å². The molecule has 1 aromatic rings. The molecule has 12 heavy (non-hydrogen) atoms. The Bertz CT molecular complexity index is 258. The van der Waals surface area contributed by atoms with Gasteiger partial charge in [0.1, 0.15) is 5.75 Å². The van der Waals surface area contributed by atoms with Crippen molar-refractivity contribution in [3.8, 4) is 5.75 Å². The van der Waals surface area contributed by atoms with Crippen LogP contribution in [0.1, 0.15) is 11.1 Å². The summed E-state index contributed by atoms with van der Waals surface area (Å²) in [5.41, 5.74) is 7.84. The van der Waals surface area contributed by atoms with Crippen molar-refractivity contribution in [2.75, 3.05) is 13.7 Å². The summed E-state index contributed by atoms with van der Waals surface area (Å²) in [5.74, 6) is 0.975. The van der Waals surface area contributed by atoms with Crippen LogP contribution in [-0.2, 0) is 6.42 Å². The molecule has 0 aliphatic rings. The van der Waals surface area contributed by atoms with Crippen LogP contribution < -0.4 is 10.5 Å². The van der Waals surface area contributed by atoms with Crippen LogP contribution in [0.25, 0.3) is 0 Å². The molecule has 1 aromatic carbocycles. The third-order valence-corrected chi connectivity index (χ3v) is 1.91. The molecule has 0 saturated heterocycles. The molecular formula is C10H15NO. The van der Waals surface area contributed by atoms with Gasteiger partial charge in [0.2, 0.25) is 0 Å². The number of aryl methyl sites for hydroxylation is 1. The van der Waals surface area contributed by atoms with Crippen LogP contribution in [0.2, 0.25) is 0 Å². The number of hydrogen-bond acceptors (Lipinski definition) is 2. The third-order valence-electron chi connectivity index (χ3n) is 1.91. The van der Waals surface area contributed by atoms with Crippen molar-refractivity contribution in [3.63, 3.8) is 0 Å². The zero-order chi connectivity index (χ0) is 8.97. The van der Waals surface area contributed by atoms with E-state index in [0.717, 1.165) is 12.2 Å². The number of para-hydroxylation sites is 1. The van der Waals surface area contributed by atoms with Crippen LogP contribution in [0.3, 0.4) is 0 Å². The zero-order valence-electron chi connectivity index (χ0n) is 7.63. The lowest BCUT2D eigenvalue weighted by Gasteiger charge is -2.09. The van der Waals surface area contributed by atoms with Gasteiger partial charge in [0, 0.05) is 0 Å². The minimum atomic E-state index is 0.666.